The number of hydrogen-bond acceptors (Lipinski definition) is 7. The van der Waals surface area contributed by atoms with Gasteiger partial charge in [0, 0.05) is 62.0 Å². The number of nitrogens with one attached hydrogen (secondary N) is 2. The fourth-order valence-electron chi connectivity index (χ4n) is 5.38. The first kappa shape index (κ1) is 22.0. The Hall–Kier alpha value is -2.49. The van der Waals surface area contributed by atoms with Crippen molar-refractivity contribution in [3.8, 4) is 17.1 Å². The van der Waals surface area contributed by atoms with E-state index in [0.29, 0.717) is 27.2 Å². The molecule has 0 unspecified atom stereocenters. The molecule has 0 saturated carbocycles. The van der Waals surface area contributed by atoms with E-state index in [9.17, 15) is 0 Å². The summed E-state index contributed by atoms with van der Waals surface area (Å²) in [5.41, 5.74) is 1.50. The van der Waals surface area contributed by atoms with E-state index in [1.807, 2.05) is 0 Å². The molecule has 0 atom stereocenters. The molecule has 0 amide bonds. The first-order valence-electron chi connectivity index (χ1n) is 12.0. The summed E-state index contributed by atoms with van der Waals surface area (Å²) in [6, 6.07) is 2.02. The smallest absolute Gasteiger partial charge is 0.319 e. The molecule has 5 heterocycles. The van der Waals surface area contributed by atoms with Crippen LogP contribution in [0.2, 0.25) is 5.02 Å². The van der Waals surface area contributed by atoms with E-state index in [1.165, 1.54) is 0 Å². The highest BCUT2D eigenvalue weighted by molar-refractivity contribution is 6.34. The summed E-state index contributed by atoms with van der Waals surface area (Å²) < 4.78 is 22.2. The lowest BCUT2D eigenvalue weighted by molar-refractivity contribution is 0.105. The molecular formula is C24H29ClFN7O. The second-order valence-corrected chi connectivity index (χ2v) is 10.4. The van der Waals surface area contributed by atoms with Crippen LogP contribution in [0.4, 0.5) is 10.2 Å². The monoisotopic (exact) mass is 485 g/mol. The highest BCUT2D eigenvalue weighted by Gasteiger charge is 2.40. The Morgan fingerprint density at radius 1 is 1.15 bits per heavy atom. The third kappa shape index (κ3) is 3.89. The standard InChI is InChI=1S/C24H29ClFN7O/c1-32-6-2-16(3-7-32)34-23-30-21-17(10-18(25)19(20(21)26)15-11-28-29-12-15)22(31-23)33-8-4-24(5-9-33)13-27-14-24/h10-12,16,27H,2-9,13-14H2,1H3,(H,28,29). The van der Waals surface area contributed by atoms with Crippen molar-refractivity contribution < 1.29 is 9.13 Å². The number of aromatic amines is 1. The quantitative estimate of drug-likeness (QED) is 0.585. The molecule has 34 heavy (non-hydrogen) atoms. The molecule has 0 bridgehead atoms. The summed E-state index contributed by atoms with van der Waals surface area (Å²) >= 11 is 6.60. The summed E-state index contributed by atoms with van der Waals surface area (Å²) in [5, 5.41) is 11.0. The molecule has 0 aliphatic carbocycles. The van der Waals surface area contributed by atoms with Gasteiger partial charge in [0.2, 0.25) is 0 Å². The number of piperidine rings is 2. The fourth-order valence-corrected chi connectivity index (χ4v) is 5.68. The van der Waals surface area contributed by atoms with Gasteiger partial charge in [-0.2, -0.15) is 15.1 Å². The number of H-pyrrole nitrogens is 1. The lowest BCUT2D eigenvalue weighted by Crippen LogP contribution is -2.58. The maximum atomic E-state index is 15.9. The minimum Gasteiger partial charge on any atom is -0.460 e. The second-order valence-electron chi connectivity index (χ2n) is 9.97. The van der Waals surface area contributed by atoms with Crippen LogP contribution in [-0.4, -0.2) is 77.5 Å². The van der Waals surface area contributed by atoms with Gasteiger partial charge in [0.1, 0.15) is 17.4 Å². The summed E-state index contributed by atoms with van der Waals surface area (Å²) in [7, 11) is 2.11. The van der Waals surface area contributed by atoms with E-state index >= 15 is 4.39 Å². The molecule has 2 aromatic heterocycles. The van der Waals surface area contributed by atoms with Crippen molar-refractivity contribution in [2.75, 3.05) is 51.2 Å². The minimum absolute atomic E-state index is 0.0240. The van der Waals surface area contributed by atoms with Gasteiger partial charge < -0.3 is 19.9 Å². The van der Waals surface area contributed by atoms with Gasteiger partial charge in [0.05, 0.1) is 11.2 Å². The lowest BCUT2D eigenvalue weighted by atomic mass is 9.73. The largest absolute Gasteiger partial charge is 0.460 e. The van der Waals surface area contributed by atoms with Gasteiger partial charge in [0.25, 0.3) is 0 Å². The molecular weight excluding hydrogens is 457 g/mol. The molecule has 3 aromatic rings. The zero-order valence-corrected chi connectivity index (χ0v) is 20.0. The van der Waals surface area contributed by atoms with Gasteiger partial charge in [-0.1, -0.05) is 11.6 Å². The number of aromatic nitrogens is 4. The number of rotatable bonds is 4. The van der Waals surface area contributed by atoms with Crippen LogP contribution < -0.4 is 15.0 Å². The van der Waals surface area contributed by atoms with Crippen LogP contribution in [0.3, 0.4) is 0 Å². The van der Waals surface area contributed by atoms with Crippen molar-refractivity contribution in [3.05, 3.63) is 29.3 Å². The van der Waals surface area contributed by atoms with Gasteiger partial charge in [-0.3, -0.25) is 5.10 Å². The molecule has 3 fully saturated rings. The van der Waals surface area contributed by atoms with Crippen molar-refractivity contribution >= 4 is 28.3 Å². The van der Waals surface area contributed by atoms with Gasteiger partial charge in [-0.15, -0.1) is 0 Å². The molecule has 1 aromatic carbocycles. The van der Waals surface area contributed by atoms with Crippen LogP contribution in [0.5, 0.6) is 6.01 Å². The minimum atomic E-state index is -0.475. The summed E-state index contributed by atoms with van der Waals surface area (Å²) in [5.74, 6) is 0.229. The fraction of sp³-hybridized carbons (Fsp3) is 0.542. The summed E-state index contributed by atoms with van der Waals surface area (Å²) in [6.45, 7) is 5.80. The maximum absolute atomic E-state index is 15.9. The van der Waals surface area contributed by atoms with E-state index in [0.717, 1.165) is 65.0 Å². The van der Waals surface area contributed by atoms with Crippen molar-refractivity contribution in [3.63, 3.8) is 0 Å². The molecule has 180 valence electrons. The number of halogens is 2. The first-order chi connectivity index (χ1) is 16.5. The SMILES string of the molecule is CN1CCC(Oc2nc(N3CCC4(CC3)CNC4)c3cc(Cl)c(-c4cn[nH]c4)c(F)c3n2)CC1. The number of nitrogens with zero attached hydrogens (tertiary/aromatic N) is 5. The molecule has 1 spiro atoms. The highest BCUT2D eigenvalue weighted by atomic mass is 35.5. The zero-order valence-electron chi connectivity index (χ0n) is 19.3. The highest BCUT2D eigenvalue weighted by Crippen LogP contribution is 2.41. The lowest BCUT2D eigenvalue weighted by Gasteiger charge is -2.48. The number of benzene rings is 1. The number of ether oxygens (including phenoxy) is 1. The van der Waals surface area contributed by atoms with E-state index in [-0.39, 0.29) is 23.2 Å². The van der Waals surface area contributed by atoms with Crippen LogP contribution in [-0.2, 0) is 0 Å². The van der Waals surface area contributed by atoms with E-state index in [4.69, 9.17) is 21.3 Å². The first-order valence-corrected chi connectivity index (χ1v) is 12.4. The Bertz CT molecular complexity index is 1180. The Labute approximate surface area is 202 Å². The van der Waals surface area contributed by atoms with Gasteiger partial charge >= 0.3 is 6.01 Å². The van der Waals surface area contributed by atoms with Crippen LogP contribution in [0.25, 0.3) is 22.0 Å². The van der Waals surface area contributed by atoms with E-state index in [1.54, 1.807) is 18.5 Å². The predicted octanol–water partition coefficient (Wildman–Crippen LogP) is 3.48. The maximum Gasteiger partial charge on any atom is 0.319 e. The average molecular weight is 486 g/mol. The average Bonchev–Trinajstić information content (AvgIpc) is 3.34. The Kier molecular flexibility index (Phi) is 5.58. The van der Waals surface area contributed by atoms with Gasteiger partial charge in [0.15, 0.2) is 5.82 Å². The van der Waals surface area contributed by atoms with E-state index < -0.39 is 5.82 Å². The van der Waals surface area contributed by atoms with Crippen molar-refractivity contribution in [1.29, 1.82) is 0 Å². The van der Waals surface area contributed by atoms with E-state index in [2.05, 4.69) is 37.3 Å². The molecule has 3 saturated heterocycles. The van der Waals surface area contributed by atoms with Gasteiger partial charge in [-0.25, -0.2) is 4.39 Å². The van der Waals surface area contributed by atoms with Crippen LogP contribution >= 0.6 is 11.6 Å². The summed E-state index contributed by atoms with van der Waals surface area (Å²) in [4.78, 5) is 13.9. The summed E-state index contributed by atoms with van der Waals surface area (Å²) in [6.07, 6.45) is 7.18. The van der Waals surface area contributed by atoms with Crippen molar-refractivity contribution in [2.45, 2.75) is 31.8 Å². The second kappa shape index (κ2) is 8.62. The number of hydrogen-bond donors (Lipinski definition) is 2. The molecule has 2 N–H and O–H groups in total. The number of anilines is 1. The molecule has 10 heteroatoms. The number of fused-ring (bicyclic) bond motifs is 1. The van der Waals surface area contributed by atoms with Crippen molar-refractivity contribution in [2.24, 2.45) is 5.41 Å². The Morgan fingerprint density at radius 3 is 2.56 bits per heavy atom. The molecule has 8 nitrogen and oxygen atoms in total. The van der Waals surface area contributed by atoms with Crippen LogP contribution in [0, 0.1) is 11.2 Å². The van der Waals surface area contributed by atoms with Crippen LogP contribution in [0.15, 0.2) is 18.5 Å². The Balaban J connectivity index is 1.42. The predicted molar refractivity (Wildman–Crippen MR) is 130 cm³/mol. The third-order valence-corrected chi connectivity index (χ3v) is 7.99. The zero-order chi connectivity index (χ0) is 23.3. The van der Waals surface area contributed by atoms with Crippen LogP contribution in [0.1, 0.15) is 25.7 Å². The Morgan fingerprint density at radius 2 is 1.91 bits per heavy atom. The number of likely N-dealkylation sites (tertiary alicyclic amines) is 1. The van der Waals surface area contributed by atoms with Crippen molar-refractivity contribution in [1.82, 2.24) is 30.4 Å². The topological polar surface area (TPSA) is 82.2 Å². The molecule has 6 rings (SSSR count). The molecule has 3 aliphatic heterocycles. The molecule has 0 radical (unpaired) electrons. The third-order valence-electron chi connectivity index (χ3n) is 7.69. The normalized spacial score (nSPS) is 21.2. The van der Waals surface area contributed by atoms with Gasteiger partial charge in [-0.05, 0) is 44.2 Å². The molecule has 3 aliphatic rings.